The number of carbonyl (C=O) groups excluding carboxylic acids is 2. The molecule has 1 saturated heterocycles. The van der Waals surface area contributed by atoms with E-state index < -0.39 is 12.1 Å². The van der Waals surface area contributed by atoms with E-state index in [9.17, 15) is 14.0 Å². The molecule has 0 aliphatic carbocycles. The second kappa shape index (κ2) is 12.3. The molecule has 1 aliphatic heterocycles. The van der Waals surface area contributed by atoms with Crippen molar-refractivity contribution < 1.29 is 18.7 Å². The van der Waals surface area contributed by atoms with Crippen molar-refractivity contribution >= 4 is 23.4 Å². The number of rotatable bonds is 9. The van der Waals surface area contributed by atoms with Crippen molar-refractivity contribution in [2.75, 3.05) is 40.4 Å². The van der Waals surface area contributed by atoms with E-state index in [4.69, 9.17) is 22.1 Å². The molecule has 1 aliphatic rings. The van der Waals surface area contributed by atoms with Gasteiger partial charge in [-0.25, -0.2) is 4.39 Å². The molecule has 0 radical (unpaired) electrons. The standard InChI is InChI=1S/C25H32ClFN4O3/c1-29-24(32)23(14-18-4-3-5-19(26)12-18)30-10-11-31(21(15-30)16-34-2)25(33)22(28)13-17-6-8-20(27)9-7-17/h3-9,12,21-23H,10-11,13-16,28H2,1-2H3,(H,29,32). The first kappa shape index (κ1) is 26.1. The minimum Gasteiger partial charge on any atom is -0.382 e. The summed E-state index contributed by atoms with van der Waals surface area (Å²) in [5, 5.41) is 3.38. The van der Waals surface area contributed by atoms with E-state index in [-0.39, 0.29) is 23.7 Å². The highest BCUT2D eigenvalue weighted by Gasteiger charge is 2.37. The first-order chi connectivity index (χ1) is 16.3. The van der Waals surface area contributed by atoms with Crippen LogP contribution in [-0.4, -0.2) is 80.1 Å². The Morgan fingerprint density at radius 2 is 1.91 bits per heavy atom. The van der Waals surface area contributed by atoms with Crippen LogP contribution in [0.15, 0.2) is 48.5 Å². The molecule has 1 fully saturated rings. The molecule has 7 nitrogen and oxygen atoms in total. The van der Waals surface area contributed by atoms with Gasteiger partial charge in [-0.15, -0.1) is 0 Å². The third kappa shape index (κ3) is 6.76. The topological polar surface area (TPSA) is 87.9 Å². The summed E-state index contributed by atoms with van der Waals surface area (Å²) in [6.07, 6.45) is 0.812. The molecule has 34 heavy (non-hydrogen) atoms. The zero-order valence-electron chi connectivity index (χ0n) is 19.5. The zero-order valence-corrected chi connectivity index (χ0v) is 20.3. The molecule has 1 heterocycles. The maximum Gasteiger partial charge on any atom is 0.240 e. The number of nitrogens with one attached hydrogen (secondary N) is 1. The second-order valence-electron chi connectivity index (χ2n) is 8.54. The Morgan fingerprint density at radius 1 is 1.18 bits per heavy atom. The molecule has 2 aromatic rings. The van der Waals surface area contributed by atoms with Crippen LogP contribution in [0, 0.1) is 5.82 Å². The largest absolute Gasteiger partial charge is 0.382 e. The smallest absolute Gasteiger partial charge is 0.240 e. The number of nitrogens with two attached hydrogens (primary N) is 1. The third-order valence-corrected chi connectivity index (χ3v) is 6.39. The second-order valence-corrected chi connectivity index (χ2v) is 8.97. The van der Waals surface area contributed by atoms with E-state index >= 15 is 0 Å². The summed E-state index contributed by atoms with van der Waals surface area (Å²) < 4.78 is 18.6. The Bertz CT molecular complexity index is 975. The number of methoxy groups -OCH3 is 1. The van der Waals surface area contributed by atoms with Gasteiger partial charge in [0, 0.05) is 38.8 Å². The van der Waals surface area contributed by atoms with Gasteiger partial charge in [0.05, 0.1) is 24.7 Å². The van der Waals surface area contributed by atoms with Crippen LogP contribution in [0.3, 0.4) is 0 Å². The lowest BCUT2D eigenvalue weighted by Gasteiger charge is -2.44. The molecular formula is C25H32ClFN4O3. The summed E-state index contributed by atoms with van der Waals surface area (Å²) in [4.78, 5) is 29.8. The van der Waals surface area contributed by atoms with Crippen molar-refractivity contribution in [3.8, 4) is 0 Å². The van der Waals surface area contributed by atoms with Crippen LogP contribution in [-0.2, 0) is 27.2 Å². The van der Waals surface area contributed by atoms with Gasteiger partial charge in [0.25, 0.3) is 0 Å². The normalized spacial score (nSPS) is 18.4. The quantitative estimate of drug-likeness (QED) is 0.560. The van der Waals surface area contributed by atoms with Crippen LogP contribution in [0.1, 0.15) is 11.1 Å². The highest BCUT2D eigenvalue weighted by molar-refractivity contribution is 6.30. The number of hydrogen-bond donors (Lipinski definition) is 2. The van der Waals surface area contributed by atoms with E-state index in [0.717, 1.165) is 11.1 Å². The number of hydrogen-bond acceptors (Lipinski definition) is 5. The summed E-state index contributed by atoms with van der Waals surface area (Å²) >= 11 is 6.14. The summed E-state index contributed by atoms with van der Waals surface area (Å²) in [6, 6.07) is 12.0. The van der Waals surface area contributed by atoms with Crippen LogP contribution < -0.4 is 11.1 Å². The molecular weight excluding hydrogens is 459 g/mol. The maximum absolute atomic E-state index is 13.2. The van der Waals surface area contributed by atoms with Crippen molar-refractivity contribution in [3.05, 3.63) is 70.5 Å². The lowest BCUT2D eigenvalue weighted by molar-refractivity contribution is -0.141. The van der Waals surface area contributed by atoms with Crippen molar-refractivity contribution in [1.29, 1.82) is 0 Å². The maximum atomic E-state index is 13.2. The average molecular weight is 491 g/mol. The van der Waals surface area contributed by atoms with Gasteiger partial charge in [-0.05, 0) is 48.2 Å². The lowest BCUT2D eigenvalue weighted by atomic mass is 10.00. The van der Waals surface area contributed by atoms with Gasteiger partial charge in [-0.3, -0.25) is 14.5 Å². The van der Waals surface area contributed by atoms with Crippen molar-refractivity contribution in [2.45, 2.75) is 31.0 Å². The molecule has 0 bridgehead atoms. The fourth-order valence-electron chi connectivity index (χ4n) is 4.40. The third-order valence-electron chi connectivity index (χ3n) is 6.15. The molecule has 3 rings (SSSR count). The van der Waals surface area contributed by atoms with E-state index in [1.165, 1.54) is 12.1 Å². The Balaban J connectivity index is 1.71. The predicted molar refractivity (Wildman–Crippen MR) is 130 cm³/mol. The molecule has 0 saturated carbocycles. The minimum absolute atomic E-state index is 0.0936. The van der Waals surface area contributed by atoms with Crippen LogP contribution in [0.4, 0.5) is 4.39 Å². The number of piperazine rings is 1. The molecule has 3 N–H and O–H groups in total. The van der Waals surface area contributed by atoms with Gasteiger partial charge >= 0.3 is 0 Å². The monoisotopic (exact) mass is 490 g/mol. The number of ether oxygens (including phenoxy) is 1. The van der Waals surface area contributed by atoms with Gasteiger partial charge in [-0.1, -0.05) is 35.9 Å². The fourth-order valence-corrected chi connectivity index (χ4v) is 4.62. The van der Waals surface area contributed by atoms with Crippen LogP contribution in [0.25, 0.3) is 0 Å². The van der Waals surface area contributed by atoms with Gasteiger partial charge < -0.3 is 20.7 Å². The molecule has 2 amide bonds. The lowest BCUT2D eigenvalue weighted by Crippen LogP contribution is -2.63. The molecule has 2 aromatic carbocycles. The number of carbonyl (C=O) groups is 2. The van der Waals surface area contributed by atoms with Gasteiger partial charge in [0.1, 0.15) is 5.82 Å². The van der Waals surface area contributed by atoms with Crippen molar-refractivity contribution in [2.24, 2.45) is 5.73 Å². The average Bonchev–Trinajstić information content (AvgIpc) is 2.83. The first-order valence-corrected chi connectivity index (χ1v) is 11.7. The van der Waals surface area contributed by atoms with Crippen LogP contribution >= 0.6 is 11.6 Å². The van der Waals surface area contributed by atoms with Crippen molar-refractivity contribution in [3.63, 3.8) is 0 Å². The van der Waals surface area contributed by atoms with Gasteiger partial charge in [0.2, 0.25) is 11.8 Å². The van der Waals surface area contributed by atoms with Gasteiger partial charge in [-0.2, -0.15) is 0 Å². The Morgan fingerprint density at radius 3 is 2.56 bits per heavy atom. The highest BCUT2D eigenvalue weighted by Crippen LogP contribution is 2.20. The Labute approximate surface area is 205 Å². The Kier molecular flexibility index (Phi) is 9.41. The number of halogens is 2. The minimum atomic E-state index is -0.752. The van der Waals surface area contributed by atoms with E-state index in [1.807, 2.05) is 18.2 Å². The number of likely N-dealkylation sites (N-methyl/N-ethyl adjacent to an activating group) is 1. The summed E-state index contributed by atoms with van der Waals surface area (Å²) in [5.74, 6) is -0.607. The molecule has 184 valence electrons. The predicted octanol–water partition coefficient (Wildman–Crippen LogP) is 1.87. The number of amides is 2. The molecule has 3 unspecified atom stereocenters. The van der Waals surface area contributed by atoms with Crippen LogP contribution in [0.2, 0.25) is 5.02 Å². The van der Waals surface area contributed by atoms with E-state index in [1.54, 1.807) is 37.3 Å². The number of benzene rings is 2. The van der Waals surface area contributed by atoms with Crippen LogP contribution in [0.5, 0.6) is 0 Å². The summed E-state index contributed by atoms with van der Waals surface area (Å²) in [5.41, 5.74) is 8.00. The molecule has 3 atom stereocenters. The fraction of sp³-hybridized carbons (Fsp3) is 0.440. The van der Waals surface area contributed by atoms with Crippen molar-refractivity contribution in [1.82, 2.24) is 15.1 Å². The Hall–Kier alpha value is -2.52. The van der Waals surface area contributed by atoms with Gasteiger partial charge in [0.15, 0.2) is 0 Å². The zero-order chi connectivity index (χ0) is 24.7. The molecule has 0 aromatic heterocycles. The van der Waals surface area contributed by atoms with E-state index in [0.29, 0.717) is 44.1 Å². The molecule has 0 spiro atoms. The SMILES string of the molecule is CNC(=O)C(Cc1cccc(Cl)c1)N1CCN(C(=O)C(N)Cc2ccc(F)cc2)C(COC)C1. The summed E-state index contributed by atoms with van der Waals surface area (Å²) in [7, 11) is 3.20. The number of nitrogens with zero attached hydrogens (tertiary/aromatic N) is 2. The molecule has 9 heteroatoms. The highest BCUT2D eigenvalue weighted by atomic mass is 35.5. The first-order valence-electron chi connectivity index (χ1n) is 11.3. The summed E-state index contributed by atoms with van der Waals surface area (Å²) in [6.45, 7) is 1.74. The van der Waals surface area contributed by atoms with E-state index in [2.05, 4.69) is 10.2 Å².